The van der Waals surface area contributed by atoms with Gasteiger partial charge >= 0.3 is 5.97 Å². The zero-order chi connectivity index (χ0) is 67.9. The second-order valence-electron chi connectivity index (χ2n) is 22.7. The van der Waals surface area contributed by atoms with Gasteiger partial charge < -0.3 is 141 Å². The molecule has 4 aliphatic heterocycles. The summed E-state index contributed by atoms with van der Waals surface area (Å²) in [5.41, 5.74) is 0. The topological polar surface area (TPSA) is 564 Å². The molecule has 0 aromatic carbocycles. The third-order valence-corrected chi connectivity index (χ3v) is 15.2. The van der Waals surface area contributed by atoms with Crippen LogP contribution >= 0.6 is 0 Å². The van der Waals surface area contributed by atoms with Gasteiger partial charge in [-0.25, -0.2) is 0 Å². The third kappa shape index (κ3) is 27.6. The predicted molar refractivity (Wildman–Crippen MR) is 309 cm³/mol. The molecule has 0 bridgehead atoms. The summed E-state index contributed by atoms with van der Waals surface area (Å²) < 4.78 is 44.4. The summed E-state index contributed by atoms with van der Waals surface area (Å²) >= 11 is 0. The SMILES string of the molecule is C[C@@H]1O[C@@H](OCCNC(=O)CCCCCNC(=O)CN(CC(=O)NCCCCCNC(=O)CNCC(=O)NCCCCCC(=O)O)CC(=O)NCCO[C@H]2O[C@H](CO[C@H]3O[C@H](CO)[C@@H](O)[C@H](O)[C@@H]3O)[C@@H](O)[C@H](O[C@H]3O[C@H](CO)[C@@H](O)[C@H](O)[C@@H]3O)[C@@H]2O)[C@@H](O)[C@H](O)[C@@H]1O. The van der Waals surface area contributed by atoms with Gasteiger partial charge in [0.25, 0.3) is 0 Å². The molecule has 0 aromatic rings. The van der Waals surface area contributed by atoms with Gasteiger partial charge in [-0.05, 0) is 51.9 Å². The van der Waals surface area contributed by atoms with E-state index in [0.717, 1.165) is 0 Å². The molecule has 20 atom stereocenters. The molecule has 92 heavy (non-hydrogen) atoms. The Morgan fingerprint density at radius 1 is 0.391 bits per heavy atom. The van der Waals surface area contributed by atoms with Crippen LogP contribution in [-0.4, -0.2) is 346 Å². The number of carbonyl (C=O) groups excluding carboxylic acids is 6. The maximum atomic E-state index is 13.4. The molecule has 6 amide bonds. The molecule has 21 N–H and O–H groups in total. The molecule has 4 rings (SSSR count). The number of aliphatic carboxylic acids is 1. The fourth-order valence-corrected chi connectivity index (χ4v) is 9.90. The van der Waals surface area contributed by atoms with E-state index in [1.54, 1.807) is 0 Å². The van der Waals surface area contributed by atoms with Crippen molar-refractivity contribution >= 4 is 41.4 Å². The van der Waals surface area contributed by atoms with Crippen molar-refractivity contribution in [2.45, 2.75) is 200 Å². The first kappa shape index (κ1) is 79.8. The Bertz CT molecular complexity index is 2200. The van der Waals surface area contributed by atoms with E-state index in [9.17, 15) is 99.9 Å². The molecule has 0 radical (unpaired) electrons. The van der Waals surface area contributed by atoms with Gasteiger partial charge in [-0.3, -0.25) is 43.8 Å². The van der Waals surface area contributed by atoms with Gasteiger partial charge in [-0.2, -0.15) is 0 Å². The average Bonchev–Trinajstić information content (AvgIpc) is 0.822. The fourth-order valence-electron chi connectivity index (χ4n) is 9.90. The van der Waals surface area contributed by atoms with Crippen LogP contribution in [0.3, 0.4) is 0 Å². The summed E-state index contributed by atoms with van der Waals surface area (Å²) in [5.74, 6) is -3.60. The number of aliphatic hydroxyl groups is 13. The second kappa shape index (κ2) is 42.7. The molecule has 0 spiro atoms. The summed E-state index contributed by atoms with van der Waals surface area (Å²) in [6.45, 7) is -2.04. The van der Waals surface area contributed by atoms with Gasteiger partial charge in [-0.1, -0.05) is 12.8 Å². The lowest BCUT2D eigenvalue weighted by atomic mass is 9.96. The van der Waals surface area contributed by atoms with E-state index < -0.39 is 193 Å². The van der Waals surface area contributed by atoms with Crippen LogP contribution in [-0.2, 0) is 71.5 Å². The van der Waals surface area contributed by atoms with Crippen LogP contribution in [0.2, 0.25) is 0 Å². The predicted octanol–water partition coefficient (Wildman–Crippen LogP) is -10.7. The normalized spacial score (nSPS) is 31.5. The molecule has 37 heteroatoms. The van der Waals surface area contributed by atoms with Gasteiger partial charge in [0.05, 0.1) is 71.9 Å². The third-order valence-electron chi connectivity index (χ3n) is 15.2. The molecule has 4 heterocycles. The summed E-state index contributed by atoms with van der Waals surface area (Å²) in [6, 6.07) is 0. The van der Waals surface area contributed by atoms with Gasteiger partial charge in [-0.15, -0.1) is 0 Å². The van der Waals surface area contributed by atoms with Crippen LogP contribution < -0.4 is 37.2 Å². The molecule has 0 unspecified atom stereocenters. The average molecular weight is 1340 g/mol. The number of rotatable bonds is 43. The quantitative estimate of drug-likeness (QED) is 0.0252. The molecule has 532 valence electrons. The largest absolute Gasteiger partial charge is 0.481 e. The molecule has 0 saturated carbocycles. The first-order valence-electron chi connectivity index (χ1n) is 30.9. The molecule has 4 aliphatic rings. The maximum Gasteiger partial charge on any atom is 0.303 e. The molecular formula is C55H98N8O29. The lowest BCUT2D eigenvalue weighted by Crippen LogP contribution is -2.65. The van der Waals surface area contributed by atoms with E-state index in [2.05, 4.69) is 37.2 Å². The number of nitrogens with one attached hydrogen (secondary N) is 7. The molecule has 4 saturated heterocycles. The minimum Gasteiger partial charge on any atom is -0.481 e. The highest BCUT2D eigenvalue weighted by molar-refractivity contribution is 5.84. The first-order valence-corrected chi connectivity index (χ1v) is 30.9. The van der Waals surface area contributed by atoms with Crippen LogP contribution in [0.25, 0.3) is 0 Å². The van der Waals surface area contributed by atoms with E-state index in [0.29, 0.717) is 70.9 Å². The van der Waals surface area contributed by atoms with Crippen molar-refractivity contribution in [1.29, 1.82) is 0 Å². The smallest absolute Gasteiger partial charge is 0.303 e. The molecular weight excluding hydrogens is 1240 g/mol. The van der Waals surface area contributed by atoms with Gasteiger partial charge in [0.15, 0.2) is 25.2 Å². The van der Waals surface area contributed by atoms with Crippen LogP contribution in [0.15, 0.2) is 0 Å². The number of carbonyl (C=O) groups is 7. The van der Waals surface area contributed by atoms with Crippen LogP contribution in [0, 0.1) is 0 Å². The number of unbranched alkanes of at least 4 members (excludes halogenated alkanes) is 6. The molecule has 4 fully saturated rings. The lowest BCUT2D eigenvalue weighted by Gasteiger charge is -2.46. The van der Waals surface area contributed by atoms with Crippen molar-refractivity contribution in [3.05, 3.63) is 0 Å². The molecule has 0 aromatic heterocycles. The Morgan fingerprint density at radius 2 is 0.783 bits per heavy atom. The van der Waals surface area contributed by atoms with Crippen molar-refractivity contribution < 1.29 is 143 Å². The number of aliphatic hydroxyl groups excluding tert-OH is 13. The van der Waals surface area contributed by atoms with Crippen molar-refractivity contribution in [2.24, 2.45) is 0 Å². The van der Waals surface area contributed by atoms with Gasteiger partial charge in [0.2, 0.25) is 35.4 Å². The number of ether oxygens (including phenoxy) is 8. The Hall–Kier alpha value is -4.63. The van der Waals surface area contributed by atoms with E-state index in [4.69, 9.17) is 43.0 Å². The monoisotopic (exact) mass is 1330 g/mol. The lowest BCUT2D eigenvalue weighted by molar-refractivity contribution is -0.366. The second-order valence-corrected chi connectivity index (χ2v) is 22.7. The maximum absolute atomic E-state index is 13.4. The first-order chi connectivity index (χ1) is 43.9. The minimum absolute atomic E-state index is 0.0488. The standard InChI is InChI=1S/C55H98N8O29/c1-29-40(74)44(78)47(81)52(88-29)85-19-17-61-33(66)11-5-2-7-15-59-36(69)23-63(24-37(70)60-16-10-4-9-14-58-35(68)22-56-21-34(67)57-13-8-3-6-12-39(72)73)25-38(71)62-18-20-86-54-50(84)51(92-55-49(83)46(80)42(76)31(27-65)90-55)43(77)32(91-54)28-87-53-48(82)45(79)41(75)30(26-64)89-53/h29-32,40-56,64-65,74-84H,2-28H2,1H3,(H,57,67)(H,58,68)(H,59,69)(H,60,70)(H,61,66)(H,62,71)(H,72,73)/t29-,30+,31+,32+,40+,41+,42+,43+,44+,45-,46-,47-,48-,49-,50-,51-,52+,53-,54-,55+/m0/s1. The Balaban J connectivity index is 1.27. The Kier molecular flexibility index (Phi) is 37.1. The fraction of sp³-hybridized carbons (Fsp3) is 0.873. The van der Waals surface area contributed by atoms with E-state index >= 15 is 0 Å². The zero-order valence-electron chi connectivity index (χ0n) is 51.5. The highest BCUT2D eigenvalue weighted by atomic mass is 16.8. The van der Waals surface area contributed by atoms with Crippen molar-refractivity contribution in [3.8, 4) is 0 Å². The summed E-state index contributed by atoms with van der Waals surface area (Å²) in [5, 5.41) is 162. The van der Waals surface area contributed by atoms with Crippen LogP contribution in [0.4, 0.5) is 0 Å². The van der Waals surface area contributed by atoms with E-state index in [1.165, 1.54) is 11.8 Å². The molecule has 37 nitrogen and oxygen atoms in total. The highest BCUT2D eigenvalue weighted by Gasteiger charge is 2.52. The number of hydrogen-bond donors (Lipinski definition) is 21. The molecule has 0 aliphatic carbocycles. The zero-order valence-corrected chi connectivity index (χ0v) is 51.5. The highest BCUT2D eigenvalue weighted by Crippen LogP contribution is 2.31. The number of carboxylic acids is 1. The Morgan fingerprint density at radius 3 is 1.27 bits per heavy atom. The number of hydrogen-bond acceptors (Lipinski definition) is 30. The number of carboxylic acid groups (broad SMARTS) is 1. The van der Waals surface area contributed by atoms with Crippen LogP contribution in [0.1, 0.15) is 77.6 Å². The van der Waals surface area contributed by atoms with Crippen molar-refractivity contribution in [2.75, 3.05) is 105 Å². The summed E-state index contributed by atoms with van der Waals surface area (Å²) in [4.78, 5) is 88.4. The van der Waals surface area contributed by atoms with E-state index in [-0.39, 0.29) is 76.4 Å². The van der Waals surface area contributed by atoms with Crippen molar-refractivity contribution in [1.82, 2.24) is 42.1 Å². The van der Waals surface area contributed by atoms with Gasteiger partial charge in [0, 0.05) is 52.1 Å². The van der Waals surface area contributed by atoms with Gasteiger partial charge in [0.1, 0.15) is 91.6 Å². The summed E-state index contributed by atoms with van der Waals surface area (Å²) in [6.07, 6.45) is -27.8. The number of nitrogens with zero attached hydrogens (tertiary/aromatic N) is 1. The number of amides is 6. The summed E-state index contributed by atoms with van der Waals surface area (Å²) in [7, 11) is 0. The minimum atomic E-state index is -1.99. The van der Waals surface area contributed by atoms with E-state index in [1.807, 2.05) is 0 Å². The van der Waals surface area contributed by atoms with Crippen LogP contribution in [0.5, 0.6) is 0 Å². The van der Waals surface area contributed by atoms with Crippen molar-refractivity contribution in [3.63, 3.8) is 0 Å². The Labute approximate surface area is 530 Å².